The highest BCUT2D eigenvalue weighted by atomic mass is 35.5. The average Bonchev–Trinajstić information content (AvgIpc) is 3.17. The van der Waals surface area contributed by atoms with Crippen molar-refractivity contribution in [3.05, 3.63) is 100 Å². The minimum atomic E-state index is -3.97. The summed E-state index contributed by atoms with van der Waals surface area (Å²) in [6.45, 7) is 1.95. The van der Waals surface area contributed by atoms with Gasteiger partial charge in [-0.15, -0.1) is 4.41 Å². The maximum absolute atomic E-state index is 13.8. The van der Waals surface area contributed by atoms with E-state index in [0.29, 0.717) is 16.6 Å². The Balaban J connectivity index is 1.90. The van der Waals surface area contributed by atoms with Crippen LogP contribution in [0.1, 0.15) is 30.0 Å². The molecule has 160 valence electrons. The van der Waals surface area contributed by atoms with Gasteiger partial charge in [0.05, 0.1) is 10.9 Å². The molecule has 1 aliphatic rings. The van der Waals surface area contributed by atoms with Gasteiger partial charge in [-0.05, 0) is 54.4 Å². The predicted octanol–water partition coefficient (Wildman–Crippen LogP) is 5.74. The van der Waals surface area contributed by atoms with Crippen LogP contribution in [0.25, 0.3) is 0 Å². The topological polar surface area (TPSA) is 64.5 Å². The summed E-state index contributed by atoms with van der Waals surface area (Å²) in [6, 6.07) is 22.5. The molecule has 31 heavy (non-hydrogen) atoms. The first kappa shape index (κ1) is 21.8. The number of benzene rings is 3. The van der Waals surface area contributed by atoms with Crippen molar-refractivity contribution in [1.82, 2.24) is 9.42 Å². The van der Waals surface area contributed by atoms with Crippen molar-refractivity contribution in [2.24, 2.45) is 0 Å². The minimum Gasteiger partial charge on any atom is -0.288 e. The fourth-order valence-corrected chi connectivity index (χ4v) is 5.92. The Bertz CT molecular complexity index is 1180. The number of hydrogen-bond acceptors (Lipinski definition) is 3. The SMILES string of the molecule is CC(=N)N1CC(c2ccccc2)C(c2ccc(Cl)cc2)N1S(=O)(=O)c1ccc(Cl)cc1. The molecule has 0 bridgehead atoms. The molecule has 5 nitrogen and oxygen atoms in total. The zero-order valence-electron chi connectivity index (χ0n) is 16.7. The number of nitrogens with zero attached hydrogens (tertiary/aromatic N) is 2. The van der Waals surface area contributed by atoms with Crippen LogP contribution in [-0.4, -0.2) is 30.2 Å². The Morgan fingerprint density at radius 1 is 0.871 bits per heavy atom. The van der Waals surface area contributed by atoms with E-state index in [9.17, 15) is 8.42 Å². The van der Waals surface area contributed by atoms with Gasteiger partial charge in [-0.2, -0.15) is 0 Å². The van der Waals surface area contributed by atoms with Gasteiger partial charge in [0, 0.05) is 22.5 Å². The molecule has 1 heterocycles. The maximum atomic E-state index is 13.8. The molecule has 8 heteroatoms. The molecule has 0 spiro atoms. The highest BCUT2D eigenvalue weighted by molar-refractivity contribution is 7.89. The predicted molar refractivity (Wildman–Crippen MR) is 124 cm³/mol. The van der Waals surface area contributed by atoms with Crippen molar-refractivity contribution in [3.63, 3.8) is 0 Å². The third-order valence-corrected chi connectivity index (χ3v) is 7.70. The molecule has 2 unspecified atom stereocenters. The van der Waals surface area contributed by atoms with Gasteiger partial charge in [-0.25, -0.2) is 8.42 Å². The fourth-order valence-electron chi connectivity index (χ4n) is 3.96. The zero-order valence-corrected chi connectivity index (χ0v) is 19.1. The molecule has 3 aromatic carbocycles. The molecule has 0 radical (unpaired) electrons. The fraction of sp³-hybridized carbons (Fsp3) is 0.174. The Morgan fingerprint density at radius 3 is 1.97 bits per heavy atom. The summed E-state index contributed by atoms with van der Waals surface area (Å²) < 4.78 is 28.9. The molecular formula is C23H21Cl2N3O2S. The smallest absolute Gasteiger partial charge is 0.260 e. The van der Waals surface area contributed by atoms with Crippen molar-refractivity contribution in [1.29, 1.82) is 5.41 Å². The largest absolute Gasteiger partial charge is 0.288 e. The Kier molecular flexibility index (Phi) is 6.08. The van der Waals surface area contributed by atoms with E-state index in [1.165, 1.54) is 21.6 Å². The molecule has 4 rings (SSSR count). The van der Waals surface area contributed by atoms with Gasteiger partial charge in [0.25, 0.3) is 10.0 Å². The molecule has 1 saturated heterocycles. The quantitative estimate of drug-likeness (QED) is 0.388. The molecule has 0 saturated carbocycles. The van der Waals surface area contributed by atoms with E-state index in [-0.39, 0.29) is 16.6 Å². The van der Waals surface area contributed by atoms with Gasteiger partial charge in [0.15, 0.2) is 0 Å². The standard InChI is InChI=1S/C23H21Cl2N3O2S/c1-16(26)27-15-22(17-5-3-2-4-6-17)23(18-7-9-19(24)10-8-18)28(27)31(29,30)21-13-11-20(25)12-14-21/h2-14,22-23,26H,15H2,1H3. The summed E-state index contributed by atoms with van der Waals surface area (Å²) in [5.41, 5.74) is 1.81. The van der Waals surface area contributed by atoms with E-state index < -0.39 is 16.1 Å². The van der Waals surface area contributed by atoms with E-state index in [1.807, 2.05) is 42.5 Å². The number of sulfonamides is 1. The first-order valence-electron chi connectivity index (χ1n) is 9.72. The lowest BCUT2D eigenvalue weighted by atomic mass is 9.89. The second-order valence-corrected chi connectivity index (χ2v) is 10.1. The molecule has 3 aromatic rings. The van der Waals surface area contributed by atoms with Crippen molar-refractivity contribution in [2.75, 3.05) is 6.54 Å². The second-order valence-electron chi connectivity index (χ2n) is 7.41. The number of hydrogen-bond donors (Lipinski definition) is 1. The summed E-state index contributed by atoms with van der Waals surface area (Å²) in [4.78, 5) is 0.121. The van der Waals surface area contributed by atoms with Gasteiger partial charge in [-0.3, -0.25) is 10.4 Å². The number of amidine groups is 1. The monoisotopic (exact) mass is 473 g/mol. The van der Waals surface area contributed by atoms with Crippen LogP contribution in [0.2, 0.25) is 10.0 Å². The van der Waals surface area contributed by atoms with E-state index in [2.05, 4.69) is 0 Å². The molecule has 1 fully saturated rings. The molecule has 2 atom stereocenters. The summed E-state index contributed by atoms with van der Waals surface area (Å²) in [5.74, 6) is -0.0281. The molecule has 1 aliphatic heterocycles. The zero-order chi connectivity index (χ0) is 22.2. The van der Waals surface area contributed by atoms with Gasteiger partial charge >= 0.3 is 0 Å². The van der Waals surface area contributed by atoms with E-state index >= 15 is 0 Å². The Labute approximate surface area is 192 Å². The van der Waals surface area contributed by atoms with Gasteiger partial charge in [0.2, 0.25) is 0 Å². The molecule has 0 amide bonds. The normalized spacial score (nSPS) is 19.5. The molecule has 0 aromatic heterocycles. The number of rotatable bonds is 4. The Morgan fingerprint density at radius 2 is 1.42 bits per heavy atom. The van der Waals surface area contributed by atoms with Gasteiger partial charge < -0.3 is 0 Å². The lowest BCUT2D eigenvalue weighted by Crippen LogP contribution is -2.44. The van der Waals surface area contributed by atoms with Crippen LogP contribution in [-0.2, 0) is 10.0 Å². The summed E-state index contributed by atoms with van der Waals surface area (Å²) in [5, 5.41) is 10.9. The van der Waals surface area contributed by atoms with Crippen LogP contribution in [0.4, 0.5) is 0 Å². The van der Waals surface area contributed by atoms with Gasteiger partial charge in [-0.1, -0.05) is 65.7 Å². The van der Waals surface area contributed by atoms with Crippen LogP contribution < -0.4 is 0 Å². The van der Waals surface area contributed by atoms with Crippen molar-refractivity contribution >= 4 is 39.1 Å². The lowest BCUT2D eigenvalue weighted by Gasteiger charge is -2.32. The summed E-state index contributed by atoms with van der Waals surface area (Å²) in [6.07, 6.45) is 0. The van der Waals surface area contributed by atoms with Crippen LogP contribution in [0.15, 0.2) is 83.8 Å². The number of hydrazine groups is 1. The first-order chi connectivity index (χ1) is 14.8. The van der Waals surface area contributed by atoms with Crippen molar-refractivity contribution in [3.8, 4) is 0 Å². The number of nitrogens with one attached hydrogen (secondary N) is 1. The third kappa shape index (κ3) is 4.21. The van der Waals surface area contributed by atoms with Crippen molar-refractivity contribution < 1.29 is 8.42 Å². The van der Waals surface area contributed by atoms with Crippen LogP contribution in [0.5, 0.6) is 0 Å². The first-order valence-corrected chi connectivity index (χ1v) is 11.9. The molecule has 0 aliphatic carbocycles. The summed E-state index contributed by atoms with van der Waals surface area (Å²) >= 11 is 12.1. The average molecular weight is 474 g/mol. The van der Waals surface area contributed by atoms with Gasteiger partial charge in [0.1, 0.15) is 5.84 Å². The number of halogens is 2. The van der Waals surface area contributed by atoms with E-state index in [4.69, 9.17) is 28.6 Å². The van der Waals surface area contributed by atoms with E-state index in [1.54, 1.807) is 31.2 Å². The maximum Gasteiger partial charge on any atom is 0.260 e. The van der Waals surface area contributed by atoms with Crippen LogP contribution >= 0.6 is 23.2 Å². The second kappa shape index (κ2) is 8.63. The van der Waals surface area contributed by atoms with E-state index in [0.717, 1.165) is 11.1 Å². The Hall–Kier alpha value is -2.38. The summed E-state index contributed by atoms with van der Waals surface area (Å²) in [7, 11) is -3.97. The van der Waals surface area contributed by atoms with Crippen LogP contribution in [0, 0.1) is 5.41 Å². The molecular weight excluding hydrogens is 453 g/mol. The third-order valence-electron chi connectivity index (χ3n) is 5.41. The highest BCUT2D eigenvalue weighted by Crippen LogP contribution is 2.46. The van der Waals surface area contributed by atoms with Crippen LogP contribution in [0.3, 0.4) is 0 Å². The van der Waals surface area contributed by atoms with Crippen molar-refractivity contribution in [2.45, 2.75) is 23.8 Å². The lowest BCUT2D eigenvalue weighted by molar-refractivity contribution is 0.176. The highest BCUT2D eigenvalue weighted by Gasteiger charge is 2.48. The minimum absolute atomic E-state index is 0.121. The molecule has 1 N–H and O–H groups in total.